The van der Waals surface area contributed by atoms with Gasteiger partial charge < -0.3 is 9.47 Å². The number of hydrogen-bond donors (Lipinski definition) is 0. The van der Waals surface area contributed by atoms with Gasteiger partial charge in [0.2, 0.25) is 0 Å². The van der Waals surface area contributed by atoms with Crippen LogP contribution in [0.1, 0.15) is 25.8 Å². The highest BCUT2D eigenvalue weighted by Crippen LogP contribution is 2.20. The predicted octanol–water partition coefficient (Wildman–Crippen LogP) is 4.17. The minimum atomic E-state index is -0.0889. The summed E-state index contributed by atoms with van der Waals surface area (Å²) in [4.78, 5) is 0. The van der Waals surface area contributed by atoms with Crippen LogP contribution < -0.4 is 0 Å². The molecule has 0 saturated heterocycles. The smallest absolute Gasteiger partial charge is 0.157 e. The van der Waals surface area contributed by atoms with Crippen LogP contribution in [0.5, 0.6) is 0 Å². The lowest BCUT2D eigenvalue weighted by molar-refractivity contribution is -0.139. The van der Waals surface area contributed by atoms with Crippen LogP contribution in [-0.4, -0.2) is 19.5 Å². The lowest BCUT2D eigenvalue weighted by Gasteiger charge is -2.17. The van der Waals surface area contributed by atoms with Gasteiger partial charge in [-0.2, -0.15) is 0 Å². The molecule has 0 aliphatic carbocycles. The molecule has 0 bridgehead atoms. The second kappa shape index (κ2) is 7.27. The van der Waals surface area contributed by atoms with Crippen LogP contribution in [0.15, 0.2) is 42.5 Å². The molecule has 2 rings (SSSR count). The summed E-state index contributed by atoms with van der Waals surface area (Å²) in [6.45, 7) is 5.40. The monoisotopic (exact) mass is 258 g/mol. The lowest BCUT2D eigenvalue weighted by Crippen LogP contribution is -2.18. The van der Waals surface area contributed by atoms with E-state index >= 15 is 0 Å². The summed E-state index contributed by atoms with van der Waals surface area (Å²) in [6.07, 6.45) is 1.79. The zero-order valence-electron chi connectivity index (χ0n) is 11.8. The maximum atomic E-state index is 5.59. The van der Waals surface area contributed by atoms with E-state index in [1.54, 1.807) is 0 Å². The number of benzene rings is 2. The Hall–Kier alpha value is -1.38. The standard InChI is InChI=1S/C17H22O2/c1-3-18-17(19-4-2)13-12-15-10-7-9-14-8-5-6-11-16(14)15/h5-11,17H,3-4,12-13H2,1-2H3. The Morgan fingerprint density at radius 2 is 1.58 bits per heavy atom. The molecular formula is C17H22O2. The molecular weight excluding hydrogens is 236 g/mol. The van der Waals surface area contributed by atoms with Gasteiger partial charge in [-0.1, -0.05) is 42.5 Å². The molecule has 0 aliphatic rings. The maximum absolute atomic E-state index is 5.59. The van der Waals surface area contributed by atoms with Crippen LogP contribution in [0.4, 0.5) is 0 Å². The van der Waals surface area contributed by atoms with Crippen molar-refractivity contribution in [2.75, 3.05) is 13.2 Å². The summed E-state index contributed by atoms with van der Waals surface area (Å²) in [6, 6.07) is 15.0. The maximum Gasteiger partial charge on any atom is 0.157 e. The minimum absolute atomic E-state index is 0.0889. The van der Waals surface area contributed by atoms with Gasteiger partial charge in [0, 0.05) is 19.6 Å². The van der Waals surface area contributed by atoms with Crippen molar-refractivity contribution in [3.63, 3.8) is 0 Å². The van der Waals surface area contributed by atoms with E-state index in [2.05, 4.69) is 42.5 Å². The van der Waals surface area contributed by atoms with E-state index in [9.17, 15) is 0 Å². The fourth-order valence-corrected chi connectivity index (χ4v) is 2.37. The van der Waals surface area contributed by atoms with Gasteiger partial charge in [-0.15, -0.1) is 0 Å². The molecule has 2 aromatic carbocycles. The zero-order valence-corrected chi connectivity index (χ0v) is 11.8. The molecule has 0 N–H and O–H groups in total. The van der Waals surface area contributed by atoms with E-state index in [4.69, 9.17) is 9.47 Å². The van der Waals surface area contributed by atoms with Crippen molar-refractivity contribution in [2.45, 2.75) is 33.0 Å². The highest BCUT2D eigenvalue weighted by Gasteiger charge is 2.09. The van der Waals surface area contributed by atoms with Crippen LogP contribution in [-0.2, 0) is 15.9 Å². The van der Waals surface area contributed by atoms with Gasteiger partial charge in [-0.25, -0.2) is 0 Å². The molecule has 0 amide bonds. The van der Waals surface area contributed by atoms with Gasteiger partial charge in [0.05, 0.1) is 0 Å². The molecule has 2 aromatic rings. The lowest BCUT2D eigenvalue weighted by atomic mass is 10.0. The molecule has 19 heavy (non-hydrogen) atoms. The van der Waals surface area contributed by atoms with Gasteiger partial charge >= 0.3 is 0 Å². The molecule has 102 valence electrons. The number of hydrogen-bond acceptors (Lipinski definition) is 2. The zero-order chi connectivity index (χ0) is 13.5. The van der Waals surface area contributed by atoms with Gasteiger partial charge in [0.1, 0.15) is 0 Å². The molecule has 0 atom stereocenters. The molecule has 0 spiro atoms. The van der Waals surface area contributed by atoms with Crippen LogP contribution >= 0.6 is 0 Å². The second-order valence-corrected chi connectivity index (χ2v) is 4.52. The Labute approximate surface area is 115 Å². The van der Waals surface area contributed by atoms with Crippen LogP contribution in [0.2, 0.25) is 0 Å². The molecule has 0 heterocycles. The van der Waals surface area contributed by atoms with Crippen molar-refractivity contribution in [1.82, 2.24) is 0 Å². The Morgan fingerprint density at radius 1 is 0.895 bits per heavy atom. The van der Waals surface area contributed by atoms with Crippen LogP contribution in [0.3, 0.4) is 0 Å². The second-order valence-electron chi connectivity index (χ2n) is 4.52. The summed E-state index contributed by atoms with van der Waals surface area (Å²) < 4.78 is 11.2. The van der Waals surface area contributed by atoms with Crippen molar-refractivity contribution in [3.05, 3.63) is 48.0 Å². The molecule has 0 aromatic heterocycles. The average Bonchev–Trinajstić information content (AvgIpc) is 2.45. The Morgan fingerprint density at radius 3 is 2.32 bits per heavy atom. The summed E-state index contributed by atoms with van der Waals surface area (Å²) >= 11 is 0. The summed E-state index contributed by atoms with van der Waals surface area (Å²) in [5.74, 6) is 0. The van der Waals surface area contributed by atoms with E-state index in [1.807, 2.05) is 13.8 Å². The van der Waals surface area contributed by atoms with E-state index in [0.29, 0.717) is 13.2 Å². The van der Waals surface area contributed by atoms with E-state index in [1.165, 1.54) is 16.3 Å². The van der Waals surface area contributed by atoms with Gasteiger partial charge in [0.25, 0.3) is 0 Å². The van der Waals surface area contributed by atoms with Gasteiger partial charge in [-0.3, -0.25) is 0 Å². The summed E-state index contributed by atoms with van der Waals surface area (Å²) in [7, 11) is 0. The Bertz CT molecular complexity index is 496. The third-order valence-electron chi connectivity index (χ3n) is 3.23. The molecule has 2 heteroatoms. The first-order chi connectivity index (χ1) is 9.35. The first-order valence-electron chi connectivity index (χ1n) is 7.05. The van der Waals surface area contributed by atoms with E-state index in [0.717, 1.165) is 12.8 Å². The van der Waals surface area contributed by atoms with E-state index < -0.39 is 0 Å². The quantitative estimate of drug-likeness (QED) is 0.694. The molecule has 2 nitrogen and oxygen atoms in total. The first-order valence-corrected chi connectivity index (χ1v) is 7.05. The highest BCUT2D eigenvalue weighted by atomic mass is 16.7. The third-order valence-corrected chi connectivity index (χ3v) is 3.23. The van der Waals surface area contributed by atoms with Gasteiger partial charge in [0.15, 0.2) is 6.29 Å². The average molecular weight is 258 g/mol. The number of ether oxygens (including phenoxy) is 2. The Kier molecular flexibility index (Phi) is 5.37. The third kappa shape index (κ3) is 3.79. The minimum Gasteiger partial charge on any atom is -0.353 e. The summed E-state index contributed by atoms with van der Waals surface area (Å²) in [5.41, 5.74) is 1.36. The molecule has 0 aliphatic heterocycles. The fourth-order valence-electron chi connectivity index (χ4n) is 2.37. The number of fused-ring (bicyclic) bond motifs is 1. The fraction of sp³-hybridized carbons (Fsp3) is 0.412. The van der Waals surface area contributed by atoms with Crippen LogP contribution in [0.25, 0.3) is 10.8 Å². The van der Waals surface area contributed by atoms with E-state index in [-0.39, 0.29) is 6.29 Å². The Balaban J connectivity index is 2.08. The predicted molar refractivity (Wildman–Crippen MR) is 79.3 cm³/mol. The van der Waals surface area contributed by atoms with Crippen molar-refractivity contribution < 1.29 is 9.47 Å². The van der Waals surface area contributed by atoms with Crippen molar-refractivity contribution >= 4 is 10.8 Å². The summed E-state index contributed by atoms with van der Waals surface area (Å²) in [5, 5.41) is 2.63. The molecule has 0 unspecified atom stereocenters. The number of aryl methyl sites for hydroxylation is 1. The topological polar surface area (TPSA) is 18.5 Å². The number of rotatable bonds is 7. The van der Waals surface area contributed by atoms with Crippen molar-refractivity contribution in [3.8, 4) is 0 Å². The molecule has 0 saturated carbocycles. The largest absolute Gasteiger partial charge is 0.353 e. The van der Waals surface area contributed by atoms with Gasteiger partial charge in [-0.05, 0) is 36.6 Å². The van der Waals surface area contributed by atoms with Crippen molar-refractivity contribution in [1.29, 1.82) is 0 Å². The molecule has 0 fully saturated rings. The van der Waals surface area contributed by atoms with Crippen molar-refractivity contribution in [2.24, 2.45) is 0 Å². The highest BCUT2D eigenvalue weighted by molar-refractivity contribution is 5.85. The normalized spacial score (nSPS) is 11.3. The first kappa shape index (κ1) is 14.0. The SMILES string of the molecule is CCOC(CCc1cccc2ccccc12)OCC. The molecule has 0 radical (unpaired) electrons. The van der Waals surface area contributed by atoms with Crippen LogP contribution in [0, 0.1) is 0 Å².